The van der Waals surface area contributed by atoms with E-state index in [1.54, 1.807) is 6.20 Å². The van der Waals surface area contributed by atoms with Gasteiger partial charge in [0.15, 0.2) is 5.78 Å². The largest absolute Gasteiger partial charge is 0.364 e. The highest BCUT2D eigenvalue weighted by Gasteiger charge is 2.25. The van der Waals surface area contributed by atoms with Gasteiger partial charge in [-0.05, 0) is 37.1 Å². The van der Waals surface area contributed by atoms with Gasteiger partial charge in [0.05, 0.1) is 11.1 Å². The molecular formula is C18H21N3O2. The van der Waals surface area contributed by atoms with Crippen LogP contribution >= 0.6 is 0 Å². The van der Waals surface area contributed by atoms with Crippen molar-refractivity contribution in [3.05, 3.63) is 52.8 Å². The second-order valence-electron chi connectivity index (χ2n) is 5.76. The van der Waals surface area contributed by atoms with E-state index < -0.39 is 0 Å². The number of carbonyl (C=O) groups excluding carboxylic acids is 2. The summed E-state index contributed by atoms with van der Waals surface area (Å²) in [4.78, 5) is 27.6. The fraction of sp³-hybridized carbons (Fsp3) is 0.333. The van der Waals surface area contributed by atoms with Gasteiger partial charge in [-0.3, -0.25) is 9.59 Å². The second-order valence-corrected chi connectivity index (χ2v) is 5.76. The van der Waals surface area contributed by atoms with E-state index in [0.717, 1.165) is 37.3 Å². The molecule has 0 unspecified atom stereocenters. The predicted molar refractivity (Wildman–Crippen MR) is 89.8 cm³/mol. The van der Waals surface area contributed by atoms with Crippen molar-refractivity contribution < 1.29 is 9.59 Å². The van der Waals surface area contributed by atoms with Crippen molar-refractivity contribution in [3.63, 3.8) is 0 Å². The molecule has 0 fully saturated rings. The number of amides is 1. The number of rotatable bonds is 5. The van der Waals surface area contributed by atoms with Crippen LogP contribution in [-0.4, -0.2) is 23.2 Å². The summed E-state index contributed by atoms with van der Waals surface area (Å²) in [5, 5.41) is 6.12. The Hall–Kier alpha value is -2.40. The third-order valence-electron chi connectivity index (χ3n) is 4.11. The zero-order valence-electron chi connectivity index (χ0n) is 13.2. The molecule has 1 aromatic carbocycles. The van der Waals surface area contributed by atoms with E-state index in [1.165, 1.54) is 5.56 Å². The molecule has 0 radical (unpaired) electrons. The van der Waals surface area contributed by atoms with Crippen molar-refractivity contribution in [1.29, 1.82) is 0 Å². The molecule has 1 aromatic heterocycles. The number of aromatic amines is 1. The molecule has 5 nitrogen and oxygen atoms in total. The van der Waals surface area contributed by atoms with Crippen LogP contribution < -0.4 is 10.6 Å². The number of ketones is 1. The normalized spacial score (nSPS) is 13.7. The Balaban J connectivity index is 1.72. The summed E-state index contributed by atoms with van der Waals surface area (Å²) < 4.78 is 0. The van der Waals surface area contributed by atoms with Crippen LogP contribution in [-0.2, 0) is 13.0 Å². The zero-order chi connectivity index (χ0) is 16.2. The highest BCUT2D eigenvalue weighted by atomic mass is 16.2. The Kier molecular flexibility index (Phi) is 4.57. The third-order valence-corrected chi connectivity index (χ3v) is 4.11. The number of anilines is 1. The first-order chi connectivity index (χ1) is 11.2. The molecule has 0 saturated carbocycles. The second kappa shape index (κ2) is 6.79. The molecule has 5 heteroatoms. The number of hydrogen-bond donors (Lipinski definition) is 3. The van der Waals surface area contributed by atoms with Gasteiger partial charge in [-0.2, -0.15) is 0 Å². The Morgan fingerprint density at radius 3 is 2.74 bits per heavy atom. The monoisotopic (exact) mass is 311 g/mol. The van der Waals surface area contributed by atoms with Gasteiger partial charge in [-0.15, -0.1) is 0 Å². The maximum absolute atomic E-state index is 12.5. The van der Waals surface area contributed by atoms with Crippen LogP contribution in [0.4, 0.5) is 5.69 Å². The fourth-order valence-electron chi connectivity index (χ4n) is 2.89. The van der Waals surface area contributed by atoms with Crippen LogP contribution in [0.5, 0.6) is 0 Å². The molecule has 3 N–H and O–H groups in total. The van der Waals surface area contributed by atoms with Crippen LogP contribution in [0.3, 0.4) is 0 Å². The minimum atomic E-state index is -0.239. The maximum Gasteiger partial charge on any atom is 0.257 e. The van der Waals surface area contributed by atoms with Gasteiger partial charge in [0.1, 0.15) is 0 Å². The van der Waals surface area contributed by atoms with E-state index in [-0.39, 0.29) is 11.7 Å². The molecule has 0 atom stereocenters. The van der Waals surface area contributed by atoms with E-state index in [9.17, 15) is 9.59 Å². The van der Waals surface area contributed by atoms with Gasteiger partial charge in [-0.1, -0.05) is 19.1 Å². The number of benzene rings is 1. The lowest BCUT2D eigenvalue weighted by Gasteiger charge is -2.12. The fourth-order valence-corrected chi connectivity index (χ4v) is 2.89. The molecule has 1 aliphatic carbocycles. The minimum absolute atomic E-state index is 0.0543. The minimum Gasteiger partial charge on any atom is -0.364 e. The average molecular weight is 311 g/mol. The summed E-state index contributed by atoms with van der Waals surface area (Å²) in [5.74, 6) is -0.184. The number of carbonyl (C=O) groups is 2. The molecule has 120 valence electrons. The Morgan fingerprint density at radius 2 is 2.00 bits per heavy atom. The van der Waals surface area contributed by atoms with Crippen molar-refractivity contribution in [2.24, 2.45) is 0 Å². The highest BCUT2D eigenvalue weighted by molar-refractivity contribution is 6.13. The first-order valence-electron chi connectivity index (χ1n) is 8.03. The SMILES string of the molecule is CCNCc1ccc(NC(=O)c2c[nH]c3c2C(=O)CCC3)cc1. The smallest absolute Gasteiger partial charge is 0.257 e. The number of Topliss-reactive ketones (excluding diaryl/α,β-unsaturated/α-hetero) is 1. The lowest BCUT2D eigenvalue weighted by Crippen LogP contribution is -2.18. The summed E-state index contributed by atoms with van der Waals surface area (Å²) in [7, 11) is 0. The molecule has 1 amide bonds. The molecule has 2 aromatic rings. The van der Waals surface area contributed by atoms with Crippen molar-refractivity contribution in [2.75, 3.05) is 11.9 Å². The first kappa shape index (κ1) is 15.5. The number of fused-ring (bicyclic) bond motifs is 1. The van der Waals surface area contributed by atoms with Crippen molar-refractivity contribution in [1.82, 2.24) is 10.3 Å². The molecular weight excluding hydrogens is 290 g/mol. The van der Waals surface area contributed by atoms with E-state index in [1.807, 2.05) is 24.3 Å². The van der Waals surface area contributed by atoms with Gasteiger partial charge in [0, 0.05) is 30.5 Å². The number of nitrogens with one attached hydrogen (secondary N) is 3. The van der Waals surface area contributed by atoms with Crippen LogP contribution in [0.15, 0.2) is 30.5 Å². The number of aryl methyl sites for hydroxylation is 1. The first-order valence-corrected chi connectivity index (χ1v) is 8.03. The lowest BCUT2D eigenvalue weighted by molar-refractivity contribution is 0.0956. The maximum atomic E-state index is 12.5. The molecule has 0 spiro atoms. The molecule has 23 heavy (non-hydrogen) atoms. The van der Waals surface area contributed by atoms with Crippen molar-refractivity contribution >= 4 is 17.4 Å². The van der Waals surface area contributed by atoms with Gasteiger partial charge in [0.2, 0.25) is 0 Å². The van der Waals surface area contributed by atoms with Gasteiger partial charge >= 0.3 is 0 Å². The Labute approximate surface area is 135 Å². The van der Waals surface area contributed by atoms with Crippen LogP contribution in [0.1, 0.15) is 51.7 Å². The van der Waals surface area contributed by atoms with Crippen LogP contribution in [0.2, 0.25) is 0 Å². The lowest BCUT2D eigenvalue weighted by atomic mass is 9.93. The molecule has 1 heterocycles. The number of hydrogen-bond acceptors (Lipinski definition) is 3. The van der Waals surface area contributed by atoms with Gasteiger partial charge in [-0.25, -0.2) is 0 Å². The topological polar surface area (TPSA) is 74.0 Å². The average Bonchev–Trinajstić information content (AvgIpc) is 3.00. The van der Waals surface area contributed by atoms with Crippen LogP contribution in [0.25, 0.3) is 0 Å². The molecule has 0 bridgehead atoms. The molecule has 3 rings (SSSR count). The van der Waals surface area contributed by atoms with E-state index in [0.29, 0.717) is 17.5 Å². The van der Waals surface area contributed by atoms with Crippen LogP contribution in [0, 0.1) is 0 Å². The van der Waals surface area contributed by atoms with E-state index >= 15 is 0 Å². The van der Waals surface area contributed by atoms with E-state index in [4.69, 9.17) is 0 Å². The number of H-pyrrole nitrogens is 1. The standard InChI is InChI=1S/C18H21N3O2/c1-2-19-10-12-6-8-13(9-7-12)21-18(23)14-11-20-15-4-3-5-16(22)17(14)15/h6-9,11,19-20H,2-5,10H2,1H3,(H,21,23). The van der Waals surface area contributed by atoms with Crippen molar-refractivity contribution in [2.45, 2.75) is 32.7 Å². The molecule has 0 aliphatic heterocycles. The summed E-state index contributed by atoms with van der Waals surface area (Å²) in [6.45, 7) is 3.79. The zero-order valence-corrected chi connectivity index (χ0v) is 13.2. The van der Waals surface area contributed by atoms with E-state index in [2.05, 4.69) is 22.5 Å². The van der Waals surface area contributed by atoms with Gasteiger partial charge in [0.25, 0.3) is 5.91 Å². The summed E-state index contributed by atoms with van der Waals surface area (Å²) in [6, 6.07) is 7.73. The summed E-state index contributed by atoms with van der Waals surface area (Å²) >= 11 is 0. The Morgan fingerprint density at radius 1 is 1.22 bits per heavy atom. The summed E-state index contributed by atoms with van der Waals surface area (Å²) in [5.41, 5.74) is 3.79. The molecule has 1 aliphatic rings. The third kappa shape index (κ3) is 3.35. The van der Waals surface area contributed by atoms with Crippen molar-refractivity contribution in [3.8, 4) is 0 Å². The summed E-state index contributed by atoms with van der Waals surface area (Å²) in [6.07, 6.45) is 3.83. The quantitative estimate of drug-likeness (QED) is 0.795. The predicted octanol–water partition coefficient (Wildman–Crippen LogP) is 2.90. The Bertz CT molecular complexity index is 716. The number of aromatic nitrogens is 1. The highest BCUT2D eigenvalue weighted by Crippen LogP contribution is 2.24. The molecule has 0 saturated heterocycles. The van der Waals surface area contributed by atoms with Gasteiger partial charge < -0.3 is 15.6 Å².